The van der Waals surface area contributed by atoms with Crippen molar-refractivity contribution in [3.05, 3.63) is 16.1 Å². The summed E-state index contributed by atoms with van der Waals surface area (Å²) in [6.45, 7) is 10.4. The zero-order valence-corrected chi connectivity index (χ0v) is 16.0. The Morgan fingerprint density at radius 2 is 2.29 bits per heavy atom. The molecule has 136 valence electrons. The molecule has 2 N–H and O–H groups in total. The van der Waals surface area contributed by atoms with Crippen LogP contribution in [0.1, 0.15) is 44.3 Å². The maximum Gasteiger partial charge on any atom is 0.191 e. The maximum atomic E-state index is 5.75. The lowest BCUT2D eigenvalue weighted by Crippen LogP contribution is -2.37. The van der Waals surface area contributed by atoms with Crippen molar-refractivity contribution >= 4 is 17.3 Å². The number of guanidine groups is 1. The van der Waals surface area contributed by atoms with Crippen LogP contribution in [0.2, 0.25) is 0 Å². The molecule has 7 heteroatoms. The lowest BCUT2D eigenvalue weighted by atomic mass is 9.93. The van der Waals surface area contributed by atoms with E-state index in [1.165, 1.54) is 0 Å². The monoisotopic (exact) mass is 354 g/mol. The number of hydrogen-bond donors (Lipinski definition) is 2. The van der Waals surface area contributed by atoms with E-state index < -0.39 is 0 Å². The van der Waals surface area contributed by atoms with Crippen molar-refractivity contribution in [2.75, 3.05) is 33.4 Å². The first-order valence-corrected chi connectivity index (χ1v) is 9.46. The van der Waals surface area contributed by atoms with E-state index >= 15 is 0 Å². The summed E-state index contributed by atoms with van der Waals surface area (Å²) in [5.74, 6) is 0.798. The number of thiazole rings is 1. The Labute approximate surface area is 149 Å². The van der Waals surface area contributed by atoms with Gasteiger partial charge in [-0.25, -0.2) is 4.98 Å². The third-order valence-corrected chi connectivity index (χ3v) is 4.65. The highest BCUT2D eigenvalue weighted by Gasteiger charge is 2.17. The van der Waals surface area contributed by atoms with Gasteiger partial charge in [-0.2, -0.15) is 0 Å². The first kappa shape index (κ1) is 19.1. The highest BCUT2D eigenvalue weighted by Crippen LogP contribution is 2.23. The summed E-state index contributed by atoms with van der Waals surface area (Å²) in [5.41, 5.74) is 1.24. The average molecular weight is 355 g/mol. The number of nitrogens with zero attached hydrogens (tertiary/aromatic N) is 2. The topological polar surface area (TPSA) is 67.8 Å². The Bertz CT molecular complexity index is 519. The van der Waals surface area contributed by atoms with Crippen LogP contribution in [0.15, 0.2) is 10.4 Å². The standard InChI is InChI=1S/C17H30N4O2S/c1-17(2,3)14-12-24-15(21-14)10-20-16(18-4)19-7-5-8-23-13-6-9-22-11-13/h12-13H,5-11H2,1-4H3,(H2,18,19,20). The van der Waals surface area contributed by atoms with Crippen molar-refractivity contribution in [3.8, 4) is 0 Å². The van der Waals surface area contributed by atoms with E-state index in [9.17, 15) is 0 Å². The Balaban J connectivity index is 1.62. The third kappa shape index (κ3) is 6.37. The largest absolute Gasteiger partial charge is 0.379 e. The van der Waals surface area contributed by atoms with Gasteiger partial charge in [0.2, 0.25) is 0 Å². The first-order valence-electron chi connectivity index (χ1n) is 8.58. The summed E-state index contributed by atoms with van der Waals surface area (Å²) < 4.78 is 11.0. The van der Waals surface area contributed by atoms with Crippen LogP contribution in [-0.2, 0) is 21.4 Å². The summed E-state index contributed by atoms with van der Waals surface area (Å²) in [5, 5.41) is 9.83. The number of hydrogen-bond acceptors (Lipinski definition) is 5. The molecule has 1 aromatic heterocycles. The fourth-order valence-corrected chi connectivity index (χ4v) is 3.25. The average Bonchev–Trinajstić information content (AvgIpc) is 3.20. The zero-order valence-electron chi connectivity index (χ0n) is 15.2. The van der Waals surface area contributed by atoms with Gasteiger partial charge in [0.1, 0.15) is 5.01 Å². The van der Waals surface area contributed by atoms with E-state index in [4.69, 9.17) is 9.47 Å². The van der Waals surface area contributed by atoms with Gasteiger partial charge in [0, 0.05) is 37.6 Å². The maximum absolute atomic E-state index is 5.75. The molecule has 0 amide bonds. The zero-order chi connectivity index (χ0) is 17.4. The van der Waals surface area contributed by atoms with Gasteiger partial charge >= 0.3 is 0 Å². The smallest absolute Gasteiger partial charge is 0.191 e. The lowest BCUT2D eigenvalue weighted by Gasteiger charge is -2.14. The van der Waals surface area contributed by atoms with Crippen molar-refractivity contribution in [2.45, 2.75) is 51.7 Å². The predicted octanol–water partition coefficient (Wildman–Crippen LogP) is 2.30. The number of rotatable bonds is 7. The molecule has 1 unspecified atom stereocenters. The van der Waals surface area contributed by atoms with Crippen molar-refractivity contribution in [3.63, 3.8) is 0 Å². The van der Waals surface area contributed by atoms with Crippen LogP contribution >= 0.6 is 11.3 Å². The molecule has 0 aliphatic carbocycles. The van der Waals surface area contributed by atoms with Crippen molar-refractivity contribution in [1.82, 2.24) is 15.6 Å². The molecule has 0 spiro atoms. The fraction of sp³-hybridized carbons (Fsp3) is 0.765. The molecular formula is C17H30N4O2S. The van der Waals surface area contributed by atoms with Crippen LogP contribution < -0.4 is 10.6 Å². The van der Waals surface area contributed by atoms with E-state index in [2.05, 4.69) is 46.8 Å². The molecule has 1 atom stereocenters. The predicted molar refractivity (Wildman–Crippen MR) is 98.8 cm³/mol. The van der Waals surface area contributed by atoms with Crippen LogP contribution in [0.3, 0.4) is 0 Å². The minimum atomic E-state index is 0.0963. The van der Waals surface area contributed by atoms with Gasteiger partial charge in [-0.15, -0.1) is 11.3 Å². The molecule has 0 bridgehead atoms. The molecule has 1 aliphatic rings. The molecule has 0 saturated carbocycles. The van der Waals surface area contributed by atoms with Crippen LogP contribution in [0.5, 0.6) is 0 Å². The van der Waals surface area contributed by atoms with Crippen molar-refractivity contribution < 1.29 is 9.47 Å². The molecule has 2 heterocycles. The number of aromatic nitrogens is 1. The molecule has 1 fully saturated rings. The van der Waals surface area contributed by atoms with Gasteiger partial charge in [-0.1, -0.05) is 20.8 Å². The second-order valence-corrected chi connectivity index (χ2v) is 7.88. The van der Waals surface area contributed by atoms with Crippen LogP contribution in [0.4, 0.5) is 0 Å². The summed E-state index contributed by atoms with van der Waals surface area (Å²) in [6, 6.07) is 0. The SMILES string of the molecule is CN=C(NCCCOC1CCOC1)NCc1nc(C(C)(C)C)cs1. The van der Waals surface area contributed by atoms with Gasteiger partial charge in [-0.05, 0) is 12.8 Å². The summed E-state index contributed by atoms with van der Waals surface area (Å²) in [6.07, 6.45) is 2.24. The Hall–Kier alpha value is -1.18. The second-order valence-electron chi connectivity index (χ2n) is 6.94. The van der Waals surface area contributed by atoms with Crippen molar-refractivity contribution in [2.24, 2.45) is 4.99 Å². The normalized spacial score (nSPS) is 18.8. The van der Waals surface area contributed by atoms with Gasteiger partial charge in [0.15, 0.2) is 5.96 Å². The minimum absolute atomic E-state index is 0.0963. The van der Waals surface area contributed by atoms with Crippen LogP contribution in [-0.4, -0.2) is 50.5 Å². The fourth-order valence-electron chi connectivity index (χ4n) is 2.29. The highest BCUT2D eigenvalue weighted by molar-refractivity contribution is 7.09. The molecule has 6 nitrogen and oxygen atoms in total. The van der Waals surface area contributed by atoms with Gasteiger partial charge in [-0.3, -0.25) is 4.99 Å². The van der Waals surface area contributed by atoms with Crippen LogP contribution in [0.25, 0.3) is 0 Å². The van der Waals surface area contributed by atoms with E-state index in [1.54, 1.807) is 18.4 Å². The molecule has 1 saturated heterocycles. The van der Waals surface area contributed by atoms with Crippen LogP contribution in [0, 0.1) is 0 Å². The van der Waals surface area contributed by atoms with Crippen molar-refractivity contribution in [1.29, 1.82) is 0 Å². The van der Waals surface area contributed by atoms with E-state index in [-0.39, 0.29) is 11.5 Å². The highest BCUT2D eigenvalue weighted by atomic mass is 32.1. The molecule has 0 aromatic carbocycles. The molecule has 24 heavy (non-hydrogen) atoms. The second kappa shape index (κ2) is 9.34. The van der Waals surface area contributed by atoms with E-state index in [0.717, 1.165) is 55.9 Å². The lowest BCUT2D eigenvalue weighted by molar-refractivity contribution is 0.0420. The van der Waals surface area contributed by atoms with E-state index in [0.29, 0.717) is 6.54 Å². The number of ether oxygens (including phenoxy) is 2. The van der Waals surface area contributed by atoms with Gasteiger partial charge < -0.3 is 20.1 Å². The molecular weight excluding hydrogens is 324 g/mol. The third-order valence-electron chi connectivity index (χ3n) is 3.81. The Kier molecular flexibility index (Phi) is 7.45. The molecule has 2 rings (SSSR count). The quantitative estimate of drug-likeness (QED) is 0.447. The molecule has 1 aliphatic heterocycles. The summed E-state index contributed by atoms with van der Waals surface area (Å²) in [7, 11) is 1.78. The molecule has 0 radical (unpaired) electrons. The number of aliphatic imine (C=N–C) groups is 1. The Morgan fingerprint density at radius 3 is 2.92 bits per heavy atom. The van der Waals surface area contributed by atoms with Gasteiger partial charge in [0.05, 0.1) is 24.9 Å². The van der Waals surface area contributed by atoms with Gasteiger partial charge in [0.25, 0.3) is 0 Å². The van der Waals surface area contributed by atoms with E-state index in [1.807, 2.05) is 0 Å². The number of nitrogens with one attached hydrogen (secondary N) is 2. The minimum Gasteiger partial charge on any atom is -0.379 e. The first-order chi connectivity index (χ1) is 11.5. The summed E-state index contributed by atoms with van der Waals surface area (Å²) in [4.78, 5) is 8.93. The Morgan fingerprint density at radius 1 is 1.46 bits per heavy atom. The summed E-state index contributed by atoms with van der Waals surface area (Å²) >= 11 is 1.69. The molecule has 1 aromatic rings.